The van der Waals surface area contributed by atoms with Crippen LogP contribution in [0.3, 0.4) is 0 Å². The third-order valence-corrected chi connectivity index (χ3v) is 5.38. The number of aromatic amines is 1. The molecule has 0 atom stereocenters. The monoisotopic (exact) mass is 345 g/mol. The van der Waals surface area contributed by atoms with Crippen LogP contribution in [0, 0.1) is 0 Å². The highest BCUT2D eigenvalue weighted by molar-refractivity contribution is 5.97. The van der Waals surface area contributed by atoms with E-state index in [4.69, 9.17) is 4.98 Å². The Bertz CT molecular complexity index is 938. The van der Waals surface area contributed by atoms with E-state index in [1.54, 1.807) is 0 Å². The van der Waals surface area contributed by atoms with Crippen LogP contribution in [0.1, 0.15) is 42.0 Å². The van der Waals surface area contributed by atoms with E-state index in [9.17, 15) is 0 Å². The zero-order valence-corrected chi connectivity index (χ0v) is 14.9. The molecule has 0 radical (unpaired) electrons. The Balaban J connectivity index is 1.32. The molecule has 26 heavy (non-hydrogen) atoms. The summed E-state index contributed by atoms with van der Waals surface area (Å²) in [5.74, 6) is 0.854. The molecule has 5 rings (SSSR count). The first kappa shape index (κ1) is 15.7. The number of aromatic nitrogens is 3. The minimum absolute atomic E-state index is 0.854. The van der Waals surface area contributed by atoms with Crippen LogP contribution in [-0.4, -0.2) is 38.7 Å². The molecule has 3 aromatic rings. The first-order valence-corrected chi connectivity index (χ1v) is 9.53. The molecule has 0 aliphatic carbocycles. The van der Waals surface area contributed by atoms with Gasteiger partial charge in [0.25, 0.3) is 0 Å². The van der Waals surface area contributed by atoms with Crippen LogP contribution in [0.5, 0.6) is 0 Å². The third-order valence-electron chi connectivity index (χ3n) is 5.38. The lowest BCUT2D eigenvalue weighted by Gasteiger charge is -2.27. The van der Waals surface area contributed by atoms with Gasteiger partial charge in [0.1, 0.15) is 0 Å². The van der Waals surface area contributed by atoms with Crippen LogP contribution in [-0.2, 0) is 19.5 Å². The van der Waals surface area contributed by atoms with Gasteiger partial charge in [-0.05, 0) is 36.8 Å². The number of H-pyrrole nitrogens is 1. The predicted octanol–water partition coefficient (Wildman–Crippen LogP) is 3.49. The third kappa shape index (κ3) is 3.03. The van der Waals surface area contributed by atoms with E-state index < -0.39 is 0 Å². The number of aliphatic imine (C=N–C) groups is 1. The Morgan fingerprint density at radius 2 is 2.08 bits per heavy atom. The van der Waals surface area contributed by atoms with Crippen molar-refractivity contribution in [3.63, 3.8) is 0 Å². The summed E-state index contributed by atoms with van der Waals surface area (Å²) in [6, 6.07) is 10.7. The molecule has 1 N–H and O–H groups in total. The Labute approximate surface area is 153 Å². The molecular formula is C21H23N5. The molecule has 0 spiro atoms. The SMILES string of the molecule is c1ccc2[nH]c(CN3CCc4nc(C5=NCCCC5)ncc4C3)cc2c1. The van der Waals surface area contributed by atoms with Crippen LogP contribution in [0.4, 0.5) is 0 Å². The van der Waals surface area contributed by atoms with E-state index in [1.807, 2.05) is 6.20 Å². The first-order valence-electron chi connectivity index (χ1n) is 9.53. The standard InChI is InChI=1S/C21H23N5/c1-2-6-18-15(5-1)11-17(24-18)14-26-10-8-19-16(13-26)12-23-21(25-19)20-7-3-4-9-22-20/h1-2,5-6,11-12,24H,3-4,7-10,13-14H2. The van der Waals surface area contributed by atoms with Crippen molar-refractivity contribution >= 4 is 16.6 Å². The van der Waals surface area contributed by atoms with Crippen molar-refractivity contribution < 1.29 is 0 Å². The normalized spacial score (nSPS) is 17.9. The second kappa shape index (κ2) is 6.65. The number of hydrogen-bond acceptors (Lipinski definition) is 4. The molecule has 5 nitrogen and oxygen atoms in total. The van der Waals surface area contributed by atoms with Crippen molar-refractivity contribution in [1.82, 2.24) is 19.9 Å². The maximum Gasteiger partial charge on any atom is 0.173 e. The largest absolute Gasteiger partial charge is 0.357 e. The van der Waals surface area contributed by atoms with Crippen LogP contribution in [0.15, 0.2) is 41.5 Å². The molecule has 132 valence electrons. The number of para-hydroxylation sites is 1. The Morgan fingerprint density at radius 3 is 2.96 bits per heavy atom. The molecule has 0 bridgehead atoms. The van der Waals surface area contributed by atoms with Gasteiger partial charge in [0.05, 0.1) is 11.4 Å². The van der Waals surface area contributed by atoms with E-state index in [0.29, 0.717) is 0 Å². The number of hydrogen-bond donors (Lipinski definition) is 1. The highest BCUT2D eigenvalue weighted by Gasteiger charge is 2.20. The molecule has 0 unspecified atom stereocenters. The van der Waals surface area contributed by atoms with Gasteiger partial charge in [0.15, 0.2) is 5.82 Å². The summed E-state index contributed by atoms with van der Waals surface area (Å²) >= 11 is 0. The molecule has 2 aliphatic heterocycles. The van der Waals surface area contributed by atoms with Crippen LogP contribution in [0.25, 0.3) is 10.9 Å². The zero-order valence-electron chi connectivity index (χ0n) is 14.9. The van der Waals surface area contributed by atoms with Gasteiger partial charge in [0, 0.05) is 55.6 Å². The van der Waals surface area contributed by atoms with Crippen LogP contribution in [0.2, 0.25) is 0 Å². The number of fused-ring (bicyclic) bond motifs is 2. The van der Waals surface area contributed by atoms with E-state index in [1.165, 1.54) is 40.7 Å². The average molecular weight is 345 g/mol. The minimum Gasteiger partial charge on any atom is -0.357 e. The van der Waals surface area contributed by atoms with Crippen molar-refractivity contribution in [1.29, 1.82) is 0 Å². The highest BCUT2D eigenvalue weighted by Crippen LogP contribution is 2.21. The van der Waals surface area contributed by atoms with E-state index in [-0.39, 0.29) is 0 Å². The number of benzene rings is 1. The molecule has 0 saturated heterocycles. The molecule has 1 aromatic carbocycles. The summed E-state index contributed by atoms with van der Waals surface area (Å²) in [7, 11) is 0. The summed E-state index contributed by atoms with van der Waals surface area (Å²) in [4.78, 5) is 20.1. The van der Waals surface area contributed by atoms with Gasteiger partial charge in [-0.2, -0.15) is 0 Å². The number of nitrogens with one attached hydrogen (secondary N) is 1. The van der Waals surface area contributed by atoms with Gasteiger partial charge < -0.3 is 4.98 Å². The van der Waals surface area contributed by atoms with E-state index in [2.05, 4.69) is 50.2 Å². The van der Waals surface area contributed by atoms with E-state index in [0.717, 1.165) is 50.6 Å². The summed E-state index contributed by atoms with van der Waals surface area (Å²) in [5, 5.41) is 1.28. The second-order valence-electron chi connectivity index (χ2n) is 7.29. The number of rotatable bonds is 3. The fourth-order valence-corrected chi connectivity index (χ4v) is 3.99. The van der Waals surface area contributed by atoms with Gasteiger partial charge in [-0.25, -0.2) is 9.97 Å². The van der Waals surface area contributed by atoms with Gasteiger partial charge in [-0.1, -0.05) is 18.2 Å². The smallest absolute Gasteiger partial charge is 0.173 e. The zero-order chi connectivity index (χ0) is 17.3. The lowest BCUT2D eigenvalue weighted by molar-refractivity contribution is 0.240. The second-order valence-corrected chi connectivity index (χ2v) is 7.29. The quantitative estimate of drug-likeness (QED) is 0.790. The highest BCUT2D eigenvalue weighted by atomic mass is 15.1. The van der Waals surface area contributed by atoms with Gasteiger partial charge in [-0.15, -0.1) is 0 Å². The van der Waals surface area contributed by atoms with Crippen molar-refractivity contribution in [3.8, 4) is 0 Å². The molecule has 2 aromatic heterocycles. The minimum atomic E-state index is 0.854. The molecule has 5 heteroatoms. The predicted molar refractivity (Wildman–Crippen MR) is 103 cm³/mol. The molecule has 4 heterocycles. The first-order chi connectivity index (χ1) is 12.8. The fourth-order valence-electron chi connectivity index (χ4n) is 3.99. The Morgan fingerprint density at radius 1 is 1.12 bits per heavy atom. The Kier molecular flexibility index (Phi) is 4.02. The van der Waals surface area contributed by atoms with Gasteiger partial charge in [-0.3, -0.25) is 9.89 Å². The van der Waals surface area contributed by atoms with Crippen molar-refractivity contribution in [2.45, 2.75) is 38.8 Å². The molecular weight excluding hydrogens is 322 g/mol. The molecule has 0 saturated carbocycles. The van der Waals surface area contributed by atoms with Crippen molar-refractivity contribution in [2.24, 2.45) is 4.99 Å². The topological polar surface area (TPSA) is 57.2 Å². The van der Waals surface area contributed by atoms with E-state index >= 15 is 0 Å². The van der Waals surface area contributed by atoms with Crippen LogP contribution >= 0.6 is 0 Å². The Hall–Kier alpha value is -2.53. The summed E-state index contributed by atoms with van der Waals surface area (Å²) in [5.41, 5.74) is 6.04. The molecule has 0 amide bonds. The average Bonchev–Trinajstić information content (AvgIpc) is 3.10. The van der Waals surface area contributed by atoms with Crippen LogP contribution < -0.4 is 0 Å². The van der Waals surface area contributed by atoms with Crippen molar-refractivity contribution in [3.05, 3.63) is 59.3 Å². The lowest BCUT2D eigenvalue weighted by Crippen LogP contribution is -2.31. The number of nitrogens with zero attached hydrogens (tertiary/aromatic N) is 4. The van der Waals surface area contributed by atoms with Crippen molar-refractivity contribution in [2.75, 3.05) is 13.1 Å². The van der Waals surface area contributed by atoms with Gasteiger partial charge in [0.2, 0.25) is 0 Å². The lowest BCUT2D eigenvalue weighted by atomic mass is 10.1. The fraction of sp³-hybridized carbons (Fsp3) is 0.381. The summed E-state index contributed by atoms with van der Waals surface area (Å²) in [6.07, 6.45) is 6.42. The maximum atomic E-state index is 4.84. The molecule has 0 fully saturated rings. The maximum absolute atomic E-state index is 4.84. The van der Waals surface area contributed by atoms with Gasteiger partial charge >= 0.3 is 0 Å². The molecule has 2 aliphatic rings. The summed E-state index contributed by atoms with van der Waals surface area (Å²) < 4.78 is 0. The summed E-state index contributed by atoms with van der Waals surface area (Å²) in [6.45, 7) is 3.80.